The first-order chi connectivity index (χ1) is 13.2. The van der Waals surface area contributed by atoms with Crippen molar-refractivity contribution >= 4 is 37.5 Å². The summed E-state index contributed by atoms with van der Waals surface area (Å²) in [6.45, 7) is 8.17. The second-order valence-electron chi connectivity index (χ2n) is 6.46. The molecular weight excluding hydrogens is 444 g/mol. The Labute approximate surface area is 174 Å². The number of amides is 1. The summed E-state index contributed by atoms with van der Waals surface area (Å²) in [5.41, 5.74) is 0.863. The number of anilines is 1. The molecule has 2 N–H and O–H groups in total. The van der Waals surface area contributed by atoms with E-state index < -0.39 is 10.0 Å². The molecule has 28 heavy (non-hydrogen) atoms. The van der Waals surface area contributed by atoms with Gasteiger partial charge in [-0.15, -0.1) is 6.58 Å². The lowest BCUT2D eigenvalue weighted by atomic mass is 10.1. The summed E-state index contributed by atoms with van der Waals surface area (Å²) in [6.07, 6.45) is 1.46. The molecule has 0 aliphatic rings. The number of halogens is 1. The molecule has 0 aromatic heterocycles. The summed E-state index contributed by atoms with van der Waals surface area (Å²) in [4.78, 5) is 12.8. The van der Waals surface area contributed by atoms with Gasteiger partial charge in [-0.05, 0) is 48.4 Å². The van der Waals surface area contributed by atoms with E-state index >= 15 is 0 Å². The average molecular weight is 467 g/mol. The van der Waals surface area contributed by atoms with E-state index in [2.05, 4.69) is 32.5 Å². The molecule has 1 amide bonds. The molecule has 0 fully saturated rings. The minimum atomic E-state index is -3.61. The fourth-order valence-electron chi connectivity index (χ4n) is 2.23. The van der Waals surface area contributed by atoms with Crippen LogP contribution in [0.1, 0.15) is 24.2 Å². The average Bonchev–Trinajstić information content (AvgIpc) is 2.65. The molecule has 0 heterocycles. The highest BCUT2D eigenvalue weighted by atomic mass is 79.9. The van der Waals surface area contributed by atoms with Crippen LogP contribution in [0, 0.1) is 5.92 Å². The Morgan fingerprint density at radius 3 is 2.50 bits per heavy atom. The van der Waals surface area contributed by atoms with Crippen molar-refractivity contribution in [2.45, 2.75) is 18.7 Å². The Bertz CT molecular complexity index is 941. The van der Waals surface area contributed by atoms with E-state index in [-0.39, 0.29) is 17.3 Å². The number of ether oxygens (including phenoxy) is 1. The SMILES string of the molecule is C=CCNS(=O)(=O)c1ccc(NC(=O)c2cc(Br)ccc2OCC(C)C)cc1. The number of sulfonamides is 1. The molecule has 0 spiro atoms. The van der Waals surface area contributed by atoms with Crippen LogP contribution in [-0.2, 0) is 10.0 Å². The van der Waals surface area contributed by atoms with Crippen LogP contribution in [0.5, 0.6) is 5.75 Å². The molecular formula is C20H23BrN2O4S. The third-order valence-corrected chi connectivity index (χ3v) is 5.53. The minimum absolute atomic E-state index is 0.107. The highest BCUT2D eigenvalue weighted by Crippen LogP contribution is 2.25. The van der Waals surface area contributed by atoms with Gasteiger partial charge in [-0.3, -0.25) is 4.79 Å². The Kier molecular flexibility index (Phi) is 7.79. The van der Waals surface area contributed by atoms with E-state index in [0.717, 1.165) is 4.47 Å². The van der Waals surface area contributed by atoms with Crippen molar-refractivity contribution in [3.05, 3.63) is 65.2 Å². The summed E-state index contributed by atoms with van der Waals surface area (Å²) in [5, 5.41) is 2.76. The minimum Gasteiger partial charge on any atom is -0.492 e. The zero-order valence-corrected chi connectivity index (χ0v) is 18.1. The summed E-state index contributed by atoms with van der Waals surface area (Å²) in [5.74, 6) is 0.464. The summed E-state index contributed by atoms with van der Waals surface area (Å²) >= 11 is 3.37. The lowest BCUT2D eigenvalue weighted by Crippen LogP contribution is -2.23. The van der Waals surface area contributed by atoms with Crippen LogP contribution in [0.15, 0.2) is 64.5 Å². The summed E-state index contributed by atoms with van der Waals surface area (Å²) < 4.78 is 33.1. The lowest BCUT2D eigenvalue weighted by molar-refractivity contribution is 0.102. The van der Waals surface area contributed by atoms with Crippen LogP contribution in [0.4, 0.5) is 5.69 Å². The molecule has 8 heteroatoms. The van der Waals surface area contributed by atoms with Crippen LogP contribution < -0.4 is 14.8 Å². The zero-order chi connectivity index (χ0) is 20.7. The maximum Gasteiger partial charge on any atom is 0.259 e. The van der Waals surface area contributed by atoms with Crippen molar-refractivity contribution in [2.24, 2.45) is 5.92 Å². The molecule has 2 aromatic carbocycles. The third kappa shape index (κ3) is 6.19. The van der Waals surface area contributed by atoms with E-state index in [0.29, 0.717) is 29.5 Å². The van der Waals surface area contributed by atoms with E-state index in [1.165, 1.54) is 30.3 Å². The van der Waals surface area contributed by atoms with Crippen molar-refractivity contribution in [3.8, 4) is 5.75 Å². The number of rotatable bonds is 9. The Morgan fingerprint density at radius 1 is 1.21 bits per heavy atom. The highest BCUT2D eigenvalue weighted by molar-refractivity contribution is 9.10. The third-order valence-electron chi connectivity index (χ3n) is 3.60. The molecule has 0 atom stereocenters. The van der Waals surface area contributed by atoms with Gasteiger partial charge in [-0.2, -0.15) is 0 Å². The molecule has 0 radical (unpaired) electrons. The van der Waals surface area contributed by atoms with Crippen molar-refractivity contribution in [2.75, 3.05) is 18.5 Å². The first-order valence-electron chi connectivity index (χ1n) is 8.67. The standard InChI is InChI=1S/C20H23BrN2O4S/c1-4-11-22-28(25,26)17-8-6-16(7-9-17)23-20(24)18-12-15(21)5-10-19(18)27-13-14(2)3/h4-10,12,14,22H,1,11,13H2,2-3H3,(H,23,24). The van der Waals surface area contributed by atoms with Crippen molar-refractivity contribution < 1.29 is 17.9 Å². The van der Waals surface area contributed by atoms with Crippen molar-refractivity contribution in [3.63, 3.8) is 0 Å². The predicted molar refractivity (Wildman–Crippen MR) is 114 cm³/mol. The van der Waals surface area contributed by atoms with Gasteiger partial charge in [0.15, 0.2) is 0 Å². The number of nitrogens with one attached hydrogen (secondary N) is 2. The molecule has 0 aliphatic carbocycles. The molecule has 2 aromatic rings. The Balaban J connectivity index is 2.17. The quantitative estimate of drug-likeness (QED) is 0.542. The lowest BCUT2D eigenvalue weighted by Gasteiger charge is -2.14. The number of benzene rings is 2. The van der Waals surface area contributed by atoms with Crippen LogP contribution >= 0.6 is 15.9 Å². The fraction of sp³-hybridized carbons (Fsp3) is 0.250. The molecule has 0 bridgehead atoms. The van der Waals surface area contributed by atoms with Crippen molar-refractivity contribution in [1.29, 1.82) is 0 Å². The predicted octanol–water partition coefficient (Wildman–Crippen LogP) is 4.20. The van der Waals surface area contributed by atoms with E-state index in [1.54, 1.807) is 12.1 Å². The monoisotopic (exact) mass is 466 g/mol. The summed E-state index contributed by atoms with van der Waals surface area (Å²) in [6, 6.07) is 11.2. The molecule has 0 unspecified atom stereocenters. The number of carbonyl (C=O) groups excluding carboxylic acids is 1. The van der Waals surface area contributed by atoms with Gasteiger partial charge in [0.05, 0.1) is 17.1 Å². The van der Waals surface area contributed by atoms with Gasteiger partial charge in [0.2, 0.25) is 10.0 Å². The highest BCUT2D eigenvalue weighted by Gasteiger charge is 2.16. The smallest absolute Gasteiger partial charge is 0.259 e. The first-order valence-corrected chi connectivity index (χ1v) is 10.9. The van der Waals surface area contributed by atoms with Gasteiger partial charge in [0.1, 0.15) is 5.75 Å². The summed E-state index contributed by atoms with van der Waals surface area (Å²) in [7, 11) is -3.61. The Hall–Kier alpha value is -2.16. The maximum atomic E-state index is 12.7. The molecule has 6 nitrogen and oxygen atoms in total. The van der Waals surface area contributed by atoms with Crippen LogP contribution in [0.25, 0.3) is 0 Å². The van der Waals surface area contributed by atoms with Crippen molar-refractivity contribution in [1.82, 2.24) is 4.72 Å². The molecule has 0 aliphatic heterocycles. The van der Waals surface area contributed by atoms with Crippen LogP contribution in [-0.4, -0.2) is 27.5 Å². The van der Waals surface area contributed by atoms with Gasteiger partial charge in [0.25, 0.3) is 5.91 Å². The van der Waals surface area contributed by atoms with Crippen LogP contribution in [0.3, 0.4) is 0 Å². The second-order valence-corrected chi connectivity index (χ2v) is 9.15. The van der Waals surface area contributed by atoms with Gasteiger partial charge in [-0.25, -0.2) is 13.1 Å². The fourth-order valence-corrected chi connectivity index (χ4v) is 3.59. The second kappa shape index (κ2) is 9.86. The largest absolute Gasteiger partial charge is 0.492 e. The number of hydrogen-bond donors (Lipinski definition) is 2. The number of hydrogen-bond acceptors (Lipinski definition) is 4. The number of carbonyl (C=O) groups is 1. The van der Waals surface area contributed by atoms with E-state index in [1.807, 2.05) is 19.9 Å². The van der Waals surface area contributed by atoms with Gasteiger partial charge >= 0.3 is 0 Å². The van der Waals surface area contributed by atoms with E-state index in [9.17, 15) is 13.2 Å². The van der Waals surface area contributed by atoms with E-state index in [4.69, 9.17) is 4.74 Å². The van der Waals surface area contributed by atoms with Gasteiger partial charge in [0, 0.05) is 16.7 Å². The maximum absolute atomic E-state index is 12.7. The normalized spacial score (nSPS) is 11.3. The molecule has 2 rings (SSSR count). The topological polar surface area (TPSA) is 84.5 Å². The van der Waals surface area contributed by atoms with Gasteiger partial charge in [-0.1, -0.05) is 35.9 Å². The zero-order valence-electron chi connectivity index (χ0n) is 15.7. The van der Waals surface area contributed by atoms with Gasteiger partial charge < -0.3 is 10.1 Å². The molecule has 0 saturated heterocycles. The molecule has 0 saturated carbocycles. The Morgan fingerprint density at radius 2 is 1.89 bits per heavy atom. The molecule has 150 valence electrons. The first kappa shape index (κ1) is 22.1. The van der Waals surface area contributed by atoms with Crippen LogP contribution in [0.2, 0.25) is 0 Å².